The zero-order valence-corrected chi connectivity index (χ0v) is 12.1. The van der Waals surface area contributed by atoms with E-state index in [0.717, 1.165) is 5.56 Å². The summed E-state index contributed by atoms with van der Waals surface area (Å²) in [5.74, 6) is 0. The lowest BCUT2D eigenvalue weighted by Crippen LogP contribution is -2.18. The second kappa shape index (κ2) is 6.69. The number of nitrogens with one attached hydrogen (secondary N) is 1. The summed E-state index contributed by atoms with van der Waals surface area (Å²) >= 11 is 0. The summed E-state index contributed by atoms with van der Waals surface area (Å²) in [7, 11) is 1.85. The number of nitro groups is 1. The molecule has 21 heavy (non-hydrogen) atoms. The molecule has 2 aromatic rings. The first kappa shape index (κ1) is 14.8. The van der Waals surface area contributed by atoms with Crippen molar-refractivity contribution in [3.05, 3.63) is 58.4 Å². The van der Waals surface area contributed by atoms with Crippen molar-refractivity contribution in [1.29, 1.82) is 0 Å². The van der Waals surface area contributed by atoms with Gasteiger partial charge in [0.2, 0.25) is 0 Å². The quantitative estimate of drug-likeness (QED) is 0.652. The van der Waals surface area contributed by atoms with E-state index < -0.39 is 0 Å². The molecule has 1 aromatic heterocycles. The monoisotopic (exact) mass is 286 g/mol. The van der Waals surface area contributed by atoms with Crippen molar-refractivity contribution >= 4 is 17.1 Å². The molecular formula is C15H18N4O2. The second-order valence-electron chi connectivity index (χ2n) is 4.67. The van der Waals surface area contributed by atoms with Crippen molar-refractivity contribution in [2.75, 3.05) is 23.8 Å². The first-order chi connectivity index (χ1) is 10.1. The van der Waals surface area contributed by atoms with E-state index in [4.69, 9.17) is 0 Å². The molecule has 0 atom stereocenters. The third-order valence-corrected chi connectivity index (χ3v) is 3.14. The standard InChI is InChI=1S/C15H18N4O2/c1-3-17-13-5-4-6-14(15(13)19(20)21)18(2)11-12-7-9-16-10-8-12/h4-10,17H,3,11H2,1-2H3. The molecular weight excluding hydrogens is 268 g/mol. The molecule has 0 aliphatic carbocycles. The molecule has 0 bridgehead atoms. The van der Waals surface area contributed by atoms with Crippen LogP contribution in [-0.2, 0) is 6.54 Å². The average molecular weight is 286 g/mol. The van der Waals surface area contributed by atoms with Crippen LogP contribution in [0.3, 0.4) is 0 Å². The largest absolute Gasteiger partial charge is 0.380 e. The SMILES string of the molecule is CCNc1cccc(N(C)Cc2ccncc2)c1[N+](=O)[O-]. The van der Waals surface area contributed by atoms with Gasteiger partial charge in [0.15, 0.2) is 0 Å². The Kier molecular flexibility index (Phi) is 4.71. The number of aromatic nitrogens is 1. The summed E-state index contributed by atoms with van der Waals surface area (Å²) in [5, 5.41) is 14.4. The fraction of sp³-hybridized carbons (Fsp3) is 0.267. The Bertz CT molecular complexity index is 616. The highest BCUT2D eigenvalue weighted by Gasteiger charge is 2.21. The summed E-state index contributed by atoms with van der Waals surface area (Å²) in [6.45, 7) is 3.13. The van der Waals surface area contributed by atoms with Crippen LogP contribution in [-0.4, -0.2) is 23.5 Å². The van der Waals surface area contributed by atoms with Crippen LogP contribution >= 0.6 is 0 Å². The molecule has 1 heterocycles. The van der Waals surface area contributed by atoms with Crippen LogP contribution in [0.25, 0.3) is 0 Å². The Hall–Kier alpha value is -2.63. The van der Waals surface area contributed by atoms with E-state index in [1.54, 1.807) is 24.5 Å². The van der Waals surface area contributed by atoms with Gasteiger partial charge in [-0.3, -0.25) is 15.1 Å². The minimum absolute atomic E-state index is 0.107. The van der Waals surface area contributed by atoms with Gasteiger partial charge < -0.3 is 10.2 Å². The normalized spacial score (nSPS) is 10.2. The molecule has 6 nitrogen and oxygen atoms in total. The zero-order chi connectivity index (χ0) is 15.2. The third kappa shape index (κ3) is 3.47. The Morgan fingerprint density at radius 3 is 2.62 bits per heavy atom. The van der Waals surface area contributed by atoms with Gasteiger partial charge in [0.25, 0.3) is 0 Å². The van der Waals surface area contributed by atoms with E-state index in [-0.39, 0.29) is 10.6 Å². The number of nitrogens with zero attached hydrogens (tertiary/aromatic N) is 3. The second-order valence-corrected chi connectivity index (χ2v) is 4.67. The molecule has 0 amide bonds. The molecule has 0 saturated heterocycles. The van der Waals surface area contributed by atoms with Crippen molar-refractivity contribution < 1.29 is 4.92 Å². The number of nitro benzene ring substituents is 1. The Morgan fingerprint density at radius 1 is 1.29 bits per heavy atom. The van der Waals surface area contributed by atoms with E-state index in [1.807, 2.05) is 37.1 Å². The van der Waals surface area contributed by atoms with E-state index in [1.165, 1.54) is 0 Å². The average Bonchev–Trinajstić information content (AvgIpc) is 2.48. The smallest absolute Gasteiger partial charge is 0.315 e. The predicted octanol–water partition coefficient (Wildman–Crippen LogP) is 3.06. The number of hydrogen-bond acceptors (Lipinski definition) is 5. The topological polar surface area (TPSA) is 71.3 Å². The highest BCUT2D eigenvalue weighted by atomic mass is 16.6. The van der Waals surface area contributed by atoms with Gasteiger partial charge in [0.05, 0.1) is 4.92 Å². The number of pyridine rings is 1. The third-order valence-electron chi connectivity index (χ3n) is 3.14. The molecule has 0 spiro atoms. The van der Waals surface area contributed by atoms with Crippen molar-refractivity contribution in [2.24, 2.45) is 0 Å². The van der Waals surface area contributed by atoms with Gasteiger partial charge in [-0.15, -0.1) is 0 Å². The maximum absolute atomic E-state index is 11.4. The molecule has 0 aliphatic heterocycles. The molecule has 1 aromatic carbocycles. The Labute approximate surface area is 123 Å². The summed E-state index contributed by atoms with van der Waals surface area (Å²) in [6.07, 6.45) is 3.43. The van der Waals surface area contributed by atoms with Crippen LogP contribution < -0.4 is 10.2 Å². The minimum atomic E-state index is -0.337. The minimum Gasteiger partial charge on any atom is -0.380 e. The van der Waals surface area contributed by atoms with Gasteiger partial charge >= 0.3 is 5.69 Å². The van der Waals surface area contributed by atoms with Gasteiger partial charge in [0, 0.05) is 32.5 Å². The van der Waals surface area contributed by atoms with E-state index in [2.05, 4.69) is 10.3 Å². The molecule has 6 heteroatoms. The molecule has 0 fully saturated rings. The molecule has 2 rings (SSSR count). The van der Waals surface area contributed by atoms with Gasteiger partial charge in [-0.05, 0) is 36.8 Å². The van der Waals surface area contributed by atoms with Crippen LogP contribution in [0.15, 0.2) is 42.7 Å². The maximum Gasteiger partial charge on any atom is 0.315 e. The number of para-hydroxylation sites is 1. The molecule has 0 unspecified atom stereocenters. The predicted molar refractivity (Wildman–Crippen MR) is 83.6 cm³/mol. The summed E-state index contributed by atoms with van der Waals surface area (Å²) < 4.78 is 0. The van der Waals surface area contributed by atoms with E-state index >= 15 is 0 Å². The van der Waals surface area contributed by atoms with Gasteiger partial charge in [-0.25, -0.2) is 0 Å². The fourth-order valence-corrected chi connectivity index (χ4v) is 2.21. The van der Waals surface area contributed by atoms with Crippen LogP contribution in [0.1, 0.15) is 12.5 Å². The number of hydrogen-bond donors (Lipinski definition) is 1. The number of benzene rings is 1. The lowest BCUT2D eigenvalue weighted by molar-refractivity contribution is -0.383. The number of anilines is 2. The molecule has 0 radical (unpaired) electrons. The molecule has 1 N–H and O–H groups in total. The lowest BCUT2D eigenvalue weighted by Gasteiger charge is -2.20. The van der Waals surface area contributed by atoms with Crippen molar-refractivity contribution in [1.82, 2.24) is 4.98 Å². The fourth-order valence-electron chi connectivity index (χ4n) is 2.21. The Morgan fingerprint density at radius 2 is 2.00 bits per heavy atom. The van der Waals surface area contributed by atoms with Crippen LogP contribution in [0.4, 0.5) is 17.1 Å². The maximum atomic E-state index is 11.4. The van der Waals surface area contributed by atoms with Gasteiger partial charge in [-0.2, -0.15) is 0 Å². The Balaban J connectivity index is 2.34. The summed E-state index contributed by atoms with van der Waals surface area (Å²) in [6, 6.07) is 9.11. The van der Waals surface area contributed by atoms with Crippen molar-refractivity contribution in [3.63, 3.8) is 0 Å². The van der Waals surface area contributed by atoms with E-state index in [0.29, 0.717) is 24.5 Å². The van der Waals surface area contributed by atoms with Gasteiger partial charge in [-0.1, -0.05) is 6.07 Å². The van der Waals surface area contributed by atoms with E-state index in [9.17, 15) is 10.1 Å². The van der Waals surface area contributed by atoms with Crippen LogP contribution in [0.2, 0.25) is 0 Å². The van der Waals surface area contributed by atoms with Crippen molar-refractivity contribution in [3.8, 4) is 0 Å². The lowest BCUT2D eigenvalue weighted by atomic mass is 10.2. The van der Waals surface area contributed by atoms with Gasteiger partial charge in [0.1, 0.15) is 11.4 Å². The highest BCUT2D eigenvalue weighted by Crippen LogP contribution is 2.35. The highest BCUT2D eigenvalue weighted by molar-refractivity contribution is 5.76. The first-order valence-corrected chi connectivity index (χ1v) is 6.74. The van der Waals surface area contributed by atoms with Crippen LogP contribution in [0.5, 0.6) is 0 Å². The molecule has 110 valence electrons. The molecule has 0 aliphatic rings. The van der Waals surface area contributed by atoms with Crippen molar-refractivity contribution in [2.45, 2.75) is 13.5 Å². The summed E-state index contributed by atoms with van der Waals surface area (Å²) in [4.78, 5) is 16.9. The summed E-state index contributed by atoms with van der Waals surface area (Å²) in [5.41, 5.74) is 2.29. The molecule has 0 saturated carbocycles. The van der Waals surface area contributed by atoms with Crippen LogP contribution in [0, 0.1) is 10.1 Å². The number of rotatable bonds is 6. The first-order valence-electron chi connectivity index (χ1n) is 6.74. The zero-order valence-electron chi connectivity index (χ0n) is 12.1.